The number of halogens is 2. The zero-order valence-corrected chi connectivity index (χ0v) is 17.0. The molecule has 154 valence electrons. The lowest BCUT2D eigenvalue weighted by Gasteiger charge is -2.09. The zero-order valence-electron chi connectivity index (χ0n) is 15.4. The number of carbonyl (C=O) groups is 1. The van der Waals surface area contributed by atoms with E-state index < -0.39 is 29.0 Å². The second kappa shape index (κ2) is 7.25. The van der Waals surface area contributed by atoms with Crippen molar-refractivity contribution in [3.8, 4) is 28.0 Å². The first-order valence-corrected chi connectivity index (χ1v) is 10.6. The zero-order chi connectivity index (χ0) is 21.7. The number of aromatic nitrogens is 3. The standard InChI is InChI=1S/C21H11F2N3O3S2/c22-11-3-1-10(2-4-11)16-15(17(27)19-24-7-8-30-19)18(28)20(29)26(16)21-25-13-6-5-12(23)9-14(13)31-21/h1-9,28-29H. The molecule has 2 N–H and O–H groups in total. The molecule has 0 fully saturated rings. The highest BCUT2D eigenvalue weighted by Gasteiger charge is 2.32. The molecule has 0 bridgehead atoms. The first kappa shape index (κ1) is 19.3. The van der Waals surface area contributed by atoms with Gasteiger partial charge in [0.15, 0.2) is 15.9 Å². The van der Waals surface area contributed by atoms with Crippen molar-refractivity contribution in [1.82, 2.24) is 14.5 Å². The summed E-state index contributed by atoms with van der Waals surface area (Å²) < 4.78 is 28.9. The molecule has 0 spiro atoms. The van der Waals surface area contributed by atoms with Crippen molar-refractivity contribution < 1.29 is 23.8 Å². The summed E-state index contributed by atoms with van der Waals surface area (Å²) in [6, 6.07) is 9.30. The first-order chi connectivity index (χ1) is 14.9. The number of rotatable bonds is 4. The summed E-state index contributed by atoms with van der Waals surface area (Å²) in [5.41, 5.74) is 0.772. The molecule has 6 nitrogen and oxygen atoms in total. The second-order valence-electron chi connectivity index (χ2n) is 6.51. The number of fused-ring (bicyclic) bond motifs is 1. The van der Waals surface area contributed by atoms with Gasteiger partial charge in [-0.15, -0.1) is 11.3 Å². The van der Waals surface area contributed by atoms with Crippen molar-refractivity contribution in [1.29, 1.82) is 0 Å². The number of thiazole rings is 2. The molecule has 31 heavy (non-hydrogen) atoms. The molecule has 0 amide bonds. The van der Waals surface area contributed by atoms with Gasteiger partial charge in [0.25, 0.3) is 0 Å². The van der Waals surface area contributed by atoms with E-state index in [9.17, 15) is 23.8 Å². The SMILES string of the molecule is O=C(c1nccs1)c1c(O)c(O)n(-c2nc3ccc(F)cc3s2)c1-c1ccc(F)cc1. The molecule has 0 aliphatic carbocycles. The molecule has 5 aromatic rings. The summed E-state index contributed by atoms with van der Waals surface area (Å²) in [6.45, 7) is 0. The van der Waals surface area contributed by atoms with Gasteiger partial charge < -0.3 is 10.2 Å². The maximum absolute atomic E-state index is 13.6. The van der Waals surface area contributed by atoms with E-state index in [4.69, 9.17) is 0 Å². The van der Waals surface area contributed by atoms with Gasteiger partial charge in [-0.1, -0.05) is 11.3 Å². The van der Waals surface area contributed by atoms with Crippen LogP contribution < -0.4 is 0 Å². The highest BCUT2D eigenvalue weighted by atomic mass is 32.1. The van der Waals surface area contributed by atoms with Gasteiger partial charge in [-0.05, 0) is 48.0 Å². The number of ketones is 1. The lowest BCUT2D eigenvalue weighted by molar-refractivity contribution is 0.103. The Kier molecular flexibility index (Phi) is 4.53. The Bertz CT molecular complexity index is 1440. The van der Waals surface area contributed by atoms with Gasteiger partial charge >= 0.3 is 0 Å². The van der Waals surface area contributed by atoms with Gasteiger partial charge in [0, 0.05) is 11.6 Å². The molecule has 5 rings (SSSR count). The Morgan fingerprint density at radius 2 is 1.77 bits per heavy atom. The van der Waals surface area contributed by atoms with Crippen LogP contribution in [0.25, 0.3) is 26.6 Å². The Labute approximate surface area is 181 Å². The van der Waals surface area contributed by atoms with Crippen LogP contribution in [0.1, 0.15) is 15.4 Å². The second-order valence-corrected chi connectivity index (χ2v) is 8.42. The van der Waals surface area contributed by atoms with Crippen molar-refractivity contribution in [3.05, 3.63) is 76.2 Å². The highest BCUT2D eigenvalue weighted by Crippen LogP contribution is 2.45. The molecular formula is C21H11F2N3O3S2. The van der Waals surface area contributed by atoms with E-state index in [1.54, 1.807) is 5.38 Å². The van der Waals surface area contributed by atoms with Crippen LogP contribution in [0.3, 0.4) is 0 Å². The number of nitrogens with zero attached hydrogens (tertiary/aromatic N) is 3. The van der Waals surface area contributed by atoms with Crippen molar-refractivity contribution in [3.63, 3.8) is 0 Å². The predicted molar refractivity (Wildman–Crippen MR) is 113 cm³/mol. The quantitative estimate of drug-likeness (QED) is 0.367. The van der Waals surface area contributed by atoms with Crippen LogP contribution in [-0.2, 0) is 0 Å². The lowest BCUT2D eigenvalue weighted by atomic mass is 10.0. The minimum absolute atomic E-state index is 0.113. The van der Waals surface area contributed by atoms with E-state index >= 15 is 0 Å². The van der Waals surface area contributed by atoms with Crippen molar-refractivity contribution >= 4 is 38.7 Å². The molecule has 3 heterocycles. The maximum Gasteiger partial charge on any atom is 0.242 e. The van der Waals surface area contributed by atoms with Crippen molar-refractivity contribution in [2.45, 2.75) is 0 Å². The largest absolute Gasteiger partial charge is 0.503 e. The van der Waals surface area contributed by atoms with Crippen LogP contribution in [0.2, 0.25) is 0 Å². The average molecular weight is 455 g/mol. The minimum Gasteiger partial charge on any atom is -0.503 e. The van der Waals surface area contributed by atoms with E-state index in [1.807, 2.05) is 0 Å². The van der Waals surface area contributed by atoms with Crippen LogP contribution in [0.15, 0.2) is 54.0 Å². The van der Waals surface area contributed by atoms with Crippen molar-refractivity contribution in [2.75, 3.05) is 0 Å². The summed E-state index contributed by atoms with van der Waals surface area (Å²) in [5, 5.41) is 23.4. The van der Waals surface area contributed by atoms with Crippen LogP contribution in [0.4, 0.5) is 8.78 Å². The minimum atomic E-state index is -0.648. The highest BCUT2D eigenvalue weighted by molar-refractivity contribution is 7.20. The molecule has 0 saturated carbocycles. The third kappa shape index (κ3) is 3.16. The molecular weight excluding hydrogens is 444 g/mol. The Morgan fingerprint density at radius 1 is 1.03 bits per heavy atom. The average Bonchev–Trinajstić information content (AvgIpc) is 3.47. The van der Waals surface area contributed by atoms with Gasteiger partial charge in [0.2, 0.25) is 11.7 Å². The number of hydrogen-bond acceptors (Lipinski definition) is 7. The molecule has 0 radical (unpaired) electrons. The van der Waals surface area contributed by atoms with Crippen LogP contribution in [0.5, 0.6) is 11.6 Å². The molecule has 0 saturated heterocycles. The normalized spacial score (nSPS) is 11.3. The van der Waals surface area contributed by atoms with Gasteiger partial charge in [-0.25, -0.2) is 18.7 Å². The van der Waals surface area contributed by atoms with Gasteiger partial charge in [-0.2, -0.15) is 0 Å². The van der Waals surface area contributed by atoms with Gasteiger partial charge in [0.05, 0.1) is 21.5 Å². The molecule has 0 atom stereocenters. The molecule has 2 aromatic carbocycles. The summed E-state index contributed by atoms with van der Waals surface area (Å²) in [4.78, 5) is 21.5. The van der Waals surface area contributed by atoms with Crippen LogP contribution >= 0.6 is 22.7 Å². The fourth-order valence-corrected chi connectivity index (χ4v) is 4.84. The van der Waals surface area contributed by atoms with E-state index in [0.29, 0.717) is 15.8 Å². The molecule has 0 aliphatic heterocycles. The third-order valence-corrected chi connectivity index (χ3v) is 6.40. The number of hydrogen-bond donors (Lipinski definition) is 2. The third-order valence-electron chi connectivity index (χ3n) is 4.62. The van der Waals surface area contributed by atoms with Crippen molar-refractivity contribution in [2.24, 2.45) is 0 Å². The summed E-state index contributed by atoms with van der Waals surface area (Å²) >= 11 is 2.14. The van der Waals surface area contributed by atoms with Gasteiger partial charge in [-0.3, -0.25) is 9.36 Å². The maximum atomic E-state index is 13.6. The Balaban J connectivity index is 1.82. The molecule has 0 aliphatic rings. The topological polar surface area (TPSA) is 88.2 Å². The fraction of sp³-hybridized carbons (Fsp3) is 0. The van der Waals surface area contributed by atoms with Crippen LogP contribution in [0, 0.1) is 11.6 Å². The van der Waals surface area contributed by atoms with Crippen LogP contribution in [-0.4, -0.2) is 30.5 Å². The van der Waals surface area contributed by atoms with Gasteiger partial charge in [0.1, 0.15) is 11.6 Å². The van der Waals surface area contributed by atoms with E-state index in [0.717, 1.165) is 22.7 Å². The summed E-state index contributed by atoms with van der Waals surface area (Å²) in [5.74, 6) is -2.80. The Hall–Kier alpha value is -3.63. The van der Waals surface area contributed by atoms with E-state index in [-0.39, 0.29) is 21.4 Å². The van der Waals surface area contributed by atoms with E-state index in [2.05, 4.69) is 9.97 Å². The number of aromatic hydroxyl groups is 2. The molecule has 0 unspecified atom stereocenters. The monoisotopic (exact) mass is 455 g/mol. The predicted octanol–water partition coefficient (Wildman–Crippen LogP) is 5.13. The molecule has 10 heteroatoms. The fourth-order valence-electron chi connectivity index (χ4n) is 3.25. The summed E-state index contributed by atoms with van der Waals surface area (Å²) in [6.07, 6.45) is 1.45. The molecule has 3 aromatic heterocycles. The van der Waals surface area contributed by atoms with E-state index in [1.165, 1.54) is 53.2 Å². The first-order valence-electron chi connectivity index (χ1n) is 8.87. The smallest absolute Gasteiger partial charge is 0.242 e. The summed E-state index contributed by atoms with van der Waals surface area (Å²) in [7, 11) is 0. The number of benzene rings is 2. The lowest BCUT2D eigenvalue weighted by Crippen LogP contribution is -2.04. The Morgan fingerprint density at radius 3 is 2.48 bits per heavy atom. The number of carbonyl (C=O) groups excluding carboxylic acids is 1.